The van der Waals surface area contributed by atoms with Gasteiger partial charge in [0.05, 0.1) is 0 Å². The van der Waals surface area contributed by atoms with Crippen LogP contribution in [-0.2, 0) is 14.9 Å². The Balaban J connectivity index is 1.96. The molecule has 1 N–H and O–H groups in total. The highest BCUT2D eigenvalue weighted by molar-refractivity contribution is 5.79. The SMILES string of the molecule is COCC(=O)CCN1CC[C@@](C)(c2cccc(O)c2)[C@@H](C)C1. The number of ether oxygens (including phenoxy) is 1. The molecule has 0 bridgehead atoms. The number of carbonyl (C=O) groups excluding carboxylic acids is 1. The highest BCUT2D eigenvalue weighted by Crippen LogP contribution is 2.40. The van der Waals surface area contributed by atoms with Gasteiger partial charge in [0.25, 0.3) is 0 Å². The molecule has 2 rings (SSSR count). The van der Waals surface area contributed by atoms with Crippen molar-refractivity contribution in [2.75, 3.05) is 33.4 Å². The molecule has 22 heavy (non-hydrogen) atoms. The number of Topliss-reactive ketones (excluding diaryl/α,β-unsaturated/α-hetero) is 1. The Bertz CT molecular complexity index is 517. The van der Waals surface area contributed by atoms with E-state index < -0.39 is 0 Å². The Morgan fingerprint density at radius 3 is 2.91 bits per heavy atom. The van der Waals surface area contributed by atoms with Gasteiger partial charge in [-0.3, -0.25) is 4.79 Å². The van der Waals surface area contributed by atoms with Crippen molar-refractivity contribution in [3.8, 4) is 5.75 Å². The molecule has 1 aliphatic rings. The van der Waals surface area contributed by atoms with Gasteiger partial charge >= 0.3 is 0 Å². The molecule has 0 amide bonds. The predicted octanol–water partition coefficient (Wildman–Crippen LogP) is 2.60. The average molecular weight is 305 g/mol. The number of phenolic OH excluding ortho intramolecular Hbond substituents is 1. The standard InChI is InChI=1S/C18H27NO3/c1-14-12-19(9-7-17(21)13-22-3)10-8-18(14,2)15-5-4-6-16(20)11-15/h4-6,11,14,20H,7-10,12-13H2,1-3H3/t14-,18+/m0/s1. The lowest BCUT2D eigenvalue weighted by atomic mass is 9.68. The molecule has 1 aromatic rings. The van der Waals surface area contributed by atoms with Gasteiger partial charge in [-0.25, -0.2) is 0 Å². The molecule has 1 heterocycles. The predicted molar refractivity (Wildman–Crippen MR) is 87.2 cm³/mol. The molecular weight excluding hydrogens is 278 g/mol. The zero-order chi connectivity index (χ0) is 16.2. The second kappa shape index (κ2) is 7.25. The highest BCUT2D eigenvalue weighted by atomic mass is 16.5. The van der Waals surface area contributed by atoms with Gasteiger partial charge in [0.15, 0.2) is 5.78 Å². The van der Waals surface area contributed by atoms with Crippen LogP contribution < -0.4 is 0 Å². The van der Waals surface area contributed by atoms with Crippen LogP contribution in [0.1, 0.15) is 32.3 Å². The number of hydrogen-bond acceptors (Lipinski definition) is 4. The lowest BCUT2D eigenvalue weighted by Gasteiger charge is -2.45. The number of ketones is 1. The number of nitrogens with zero attached hydrogens (tertiary/aromatic N) is 1. The summed E-state index contributed by atoms with van der Waals surface area (Å²) in [7, 11) is 1.56. The fourth-order valence-corrected chi connectivity index (χ4v) is 3.33. The van der Waals surface area contributed by atoms with Crippen molar-refractivity contribution in [3.05, 3.63) is 29.8 Å². The molecule has 0 spiro atoms. The molecule has 2 atom stereocenters. The molecule has 0 radical (unpaired) electrons. The molecule has 122 valence electrons. The van der Waals surface area contributed by atoms with Crippen molar-refractivity contribution in [1.29, 1.82) is 0 Å². The van der Waals surface area contributed by atoms with Crippen molar-refractivity contribution >= 4 is 5.78 Å². The summed E-state index contributed by atoms with van der Waals surface area (Å²) < 4.78 is 4.88. The maximum Gasteiger partial charge on any atom is 0.159 e. The van der Waals surface area contributed by atoms with Crippen molar-refractivity contribution in [2.45, 2.75) is 32.1 Å². The Kier molecular flexibility index (Phi) is 5.59. The largest absolute Gasteiger partial charge is 0.508 e. The Labute approximate surface area is 133 Å². The van der Waals surface area contributed by atoms with Crippen LogP contribution in [-0.4, -0.2) is 49.1 Å². The second-order valence-electron chi connectivity index (χ2n) is 6.64. The van der Waals surface area contributed by atoms with Crippen LogP contribution in [0.5, 0.6) is 5.75 Å². The van der Waals surface area contributed by atoms with E-state index in [1.807, 2.05) is 12.1 Å². The van der Waals surface area contributed by atoms with Crippen LogP contribution in [0.4, 0.5) is 0 Å². The molecule has 1 aromatic carbocycles. The highest BCUT2D eigenvalue weighted by Gasteiger charge is 2.37. The van der Waals surface area contributed by atoms with Crippen molar-refractivity contribution in [1.82, 2.24) is 4.90 Å². The van der Waals surface area contributed by atoms with Crippen LogP contribution in [0.2, 0.25) is 0 Å². The zero-order valence-electron chi connectivity index (χ0n) is 13.8. The van der Waals surface area contributed by atoms with Gasteiger partial charge in [-0.15, -0.1) is 0 Å². The third kappa shape index (κ3) is 3.87. The number of methoxy groups -OCH3 is 1. The minimum absolute atomic E-state index is 0.0752. The Hall–Kier alpha value is -1.39. The number of benzene rings is 1. The van der Waals surface area contributed by atoms with E-state index in [4.69, 9.17) is 4.74 Å². The molecule has 0 aliphatic carbocycles. The first-order valence-corrected chi connectivity index (χ1v) is 7.98. The van der Waals surface area contributed by atoms with E-state index in [0.29, 0.717) is 18.1 Å². The first-order chi connectivity index (χ1) is 10.5. The molecule has 4 nitrogen and oxygen atoms in total. The van der Waals surface area contributed by atoms with E-state index >= 15 is 0 Å². The first-order valence-electron chi connectivity index (χ1n) is 7.98. The van der Waals surface area contributed by atoms with Crippen LogP contribution in [0.3, 0.4) is 0 Å². The van der Waals surface area contributed by atoms with Gasteiger partial charge in [-0.1, -0.05) is 26.0 Å². The lowest BCUT2D eigenvalue weighted by molar-refractivity contribution is -0.123. The van der Waals surface area contributed by atoms with Gasteiger partial charge in [0, 0.05) is 26.6 Å². The average Bonchev–Trinajstić information content (AvgIpc) is 2.49. The van der Waals surface area contributed by atoms with E-state index in [1.165, 1.54) is 5.56 Å². The molecule has 1 aliphatic heterocycles. The van der Waals surface area contributed by atoms with E-state index in [-0.39, 0.29) is 17.8 Å². The topological polar surface area (TPSA) is 49.8 Å². The maximum atomic E-state index is 11.6. The van der Waals surface area contributed by atoms with Crippen molar-refractivity contribution in [2.24, 2.45) is 5.92 Å². The molecule has 0 unspecified atom stereocenters. The number of aromatic hydroxyl groups is 1. The fraction of sp³-hybridized carbons (Fsp3) is 0.611. The summed E-state index contributed by atoms with van der Waals surface area (Å²) in [6.07, 6.45) is 1.60. The van der Waals surface area contributed by atoms with Crippen molar-refractivity contribution < 1.29 is 14.6 Å². The molecular formula is C18H27NO3. The van der Waals surface area contributed by atoms with E-state index in [9.17, 15) is 9.90 Å². The fourth-order valence-electron chi connectivity index (χ4n) is 3.33. The molecule has 0 aromatic heterocycles. The minimum Gasteiger partial charge on any atom is -0.508 e. The van der Waals surface area contributed by atoms with Crippen LogP contribution in [0.25, 0.3) is 0 Å². The van der Waals surface area contributed by atoms with Crippen LogP contribution in [0.15, 0.2) is 24.3 Å². The summed E-state index contributed by atoms with van der Waals surface area (Å²) in [4.78, 5) is 13.9. The summed E-state index contributed by atoms with van der Waals surface area (Å²) in [6.45, 7) is 7.52. The normalized spacial score (nSPS) is 26.0. The van der Waals surface area contributed by atoms with E-state index in [2.05, 4.69) is 24.8 Å². The van der Waals surface area contributed by atoms with E-state index in [1.54, 1.807) is 13.2 Å². The zero-order valence-corrected chi connectivity index (χ0v) is 13.8. The summed E-state index contributed by atoms with van der Waals surface area (Å²) in [5.41, 5.74) is 1.28. The summed E-state index contributed by atoms with van der Waals surface area (Å²) >= 11 is 0. The summed E-state index contributed by atoms with van der Waals surface area (Å²) in [6, 6.07) is 7.62. The Morgan fingerprint density at radius 2 is 2.27 bits per heavy atom. The summed E-state index contributed by atoms with van der Waals surface area (Å²) in [5.74, 6) is 0.968. The molecule has 0 saturated carbocycles. The van der Waals surface area contributed by atoms with Gasteiger partial charge in [0.1, 0.15) is 12.4 Å². The quantitative estimate of drug-likeness (QED) is 0.877. The number of hydrogen-bond donors (Lipinski definition) is 1. The number of likely N-dealkylation sites (tertiary alicyclic amines) is 1. The van der Waals surface area contributed by atoms with E-state index in [0.717, 1.165) is 26.1 Å². The number of piperidine rings is 1. The number of phenols is 1. The molecule has 4 heteroatoms. The maximum absolute atomic E-state index is 11.6. The molecule has 1 fully saturated rings. The van der Waals surface area contributed by atoms with Crippen LogP contribution >= 0.6 is 0 Å². The van der Waals surface area contributed by atoms with Gasteiger partial charge in [0.2, 0.25) is 0 Å². The minimum atomic E-state index is 0.0752. The van der Waals surface area contributed by atoms with Gasteiger partial charge < -0.3 is 14.7 Å². The number of carbonyl (C=O) groups is 1. The summed E-state index contributed by atoms with van der Waals surface area (Å²) in [5, 5.41) is 9.73. The van der Waals surface area contributed by atoms with Gasteiger partial charge in [-0.05, 0) is 42.0 Å². The first kappa shape index (κ1) is 17.0. The second-order valence-corrected chi connectivity index (χ2v) is 6.64. The molecule has 1 saturated heterocycles. The monoisotopic (exact) mass is 305 g/mol. The van der Waals surface area contributed by atoms with Gasteiger partial charge in [-0.2, -0.15) is 0 Å². The lowest BCUT2D eigenvalue weighted by Crippen LogP contribution is -2.47. The van der Waals surface area contributed by atoms with Crippen molar-refractivity contribution in [3.63, 3.8) is 0 Å². The third-order valence-electron chi connectivity index (χ3n) is 5.08. The smallest absolute Gasteiger partial charge is 0.159 e. The van der Waals surface area contributed by atoms with Crippen LogP contribution in [0, 0.1) is 5.92 Å². The third-order valence-corrected chi connectivity index (χ3v) is 5.08. The Morgan fingerprint density at radius 1 is 1.50 bits per heavy atom. The number of rotatable bonds is 6.